The molecule has 4 fully saturated rings. The molecule has 2 aromatic heterocycles. The van der Waals surface area contributed by atoms with Crippen molar-refractivity contribution < 1.29 is 4.79 Å². The van der Waals surface area contributed by atoms with Gasteiger partial charge in [-0.1, -0.05) is 24.3 Å². The summed E-state index contributed by atoms with van der Waals surface area (Å²) in [4.78, 5) is 19.2. The smallest absolute Gasteiger partial charge is 0.252 e. The second-order valence-corrected chi connectivity index (χ2v) is 10.6. The van der Waals surface area contributed by atoms with Crippen molar-refractivity contribution in [2.75, 3.05) is 6.54 Å². The number of nitrogens with zero attached hydrogens (tertiary/aromatic N) is 1. The summed E-state index contributed by atoms with van der Waals surface area (Å²) < 4.78 is 0. The third-order valence-corrected chi connectivity index (χ3v) is 8.42. The Morgan fingerprint density at radius 3 is 2.45 bits per heavy atom. The van der Waals surface area contributed by atoms with Crippen LogP contribution in [0.1, 0.15) is 48.9 Å². The minimum Gasteiger partial charge on any atom is -0.351 e. The molecule has 29 heavy (non-hydrogen) atoms. The highest BCUT2D eigenvalue weighted by atomic mass is 32.1. The van der Waals surface area contributed by atoms with Crippen LogP contribution in [0.3, 0.4) is 0 Å². The van der Waals surface area contributed by atoms with Gasteiger partial charge in [-0.05, 0) is 85.3 Å². The van der Waals surface area contributed by atoms with Crippen LogP contribution in [0.25, 0.3) is 21.5 Å². The summed E-state index contributed by atoms with van der Waals surface area (Å²) >= 11 is 1.66. The Hall–Kier alpha value is -2.20. The summed E-state index contributed by atoms with van der Waals surface area (Å²) in [5.74, 6) is 2.78. The van der Waals surface area contributed by atoms with Crippen molar-refractivity contribution in [2.24, 2.45) is 23.2 Å². The second kappa shape index (κ2) is 6.66. The third kappa shape index (κ3) is 3.09. The number of benzene rings is 1. The summed E-state index contributed by atoms with van der Waals surface area (Å²) in [5, 5.41) is 6.35. The van der Waals surface area contributed by atoms with Gasteiger partial charge in [0.15, 0.2) is 0 Å². The Morgan fingerprint density at radius 2 is 1.76 bits per heavy atom. The number of aromatic nitrogens is 1. The number of rotatable bonds is 4. The van der Waals surface area contributed by atoms with E-state index in [-0.39, 0.29) is 5.91 Å². The Morgan fingerprint density at radius 1 is 1.03 bits per heavy atom. The maximum atomic E-state index is 13.3. The molecule has 3 aromatic rings. The van der Waals surface area contributed by atoms with Crippen LogP contribution in [0.5, 0.6) is 0 Å². The minimum absolute atomic E-state index is 0.0529. The monoisotopic (exact) mass is 402 g/mol. The summed E-state index contributed by atoms with van der Waals surface area (Å²) in [6.07, 6.45) is 8.26. The highest BCUT2D eigenvalue weighted by molar-refractivity contribution is 7.13. The number of amides is 1. The van der Waals surface area contributed by atoms with Crippen LogP contribution in [0.2, 0.25) is 0 Å². The van der Waals surface area contributed by atoms with Gasteiger partial charge in [0.2, 0.25) is 0 Å². The molecule has 0 spiro atoms. The van der Waals surface area contributed by atoms with Crippen molar-refractivity contribution in [1.82, 2.24) is 10.3 Å². The zero-order valence-corrected chi connectivity index (χ0v) is 17.4. The first-order valence-electron chi connectivity index (χ1n) is 10.9. The fourth-order valence-corrected chi connectivity index (χ4v) is 7.47. The lowest BCUT2D eigenvalue weighted by Crippen LogP contribution is -2.51. The van der Waals surface area contributed by atoms with Gasteiger partial charge in [-0.2, -0.15) is 0 Å². The topological polar surface area (TPSA) is 42.0 Å². The molecule has 0 saturated heterocycles. The fourth-order valence-electron chi connectivity index (χ4n) is 6.78. The number of thiophene rings is 1. The number of hydrogen-bond acceptors (Lipinski definition) is 3. The molecular formula is C25H26N2OS. The van der Waals surface area contributed by atoms with Crippen molar-refractivity contribution in [1.29, 1.82) is 0 Å². The molecule has 1 aromatic carbocycles. The van der Waals surface area contributed by atoms with Gasteiger partial charge in [0.1, 0.15) is 0 Å². The van der Waals surface area contributed by atoms with Crippen LogP contribution in [0.15, 0.2) is 47.8 Å². The van der Waals surface area contributed by atoms with Gasteiger partial charge >= 0.3 is 0 Å². The van der Waals surface area contributed by atoms with Gasteiger partial charge in [-0.15, -0.1) is 11.3 Å². The van der Waals surface area contributed by atoms with E-state index in [2.05, 4.69) is 16.8 Å². The second-order valence-electron chi connectivity index (χ2n) is 9.65. The van der Waals surface area contributed by atoms with E-state index in [1.807, 2.05) is 36.4 Å². The lowest BCUT2D eigenvalue weighted by atomic mass is 9.49. The van der Waals surface area contributed by atoms with Crippen molar-refractivity contribution in [2.45, 2.75) is 38.5 Å². The first-order chi connectivity index (χ1) is 14.2. The number of fused-ring (bicyclic) bond motifs is 1. The van der Waals surface area contributed by atoms with Gasteiger partial charge in [0.05, 0.1) is 21.7 Å². The van der Waals surface area contributed by atoms with E-state index < -0.39 is 0 Å². The normalized spacial score (nSPS) is 30.0. The van der Waals surface area contributed by atoms with E-state index in [9.17, 15) is 4.79 Å². The summed E-state index contributed by atoms with van der Waals surface area (Å²) in [5.41, 5.74) is 2.88. The number of carbonyl (C=O) groups is 1. The van der Waals surface area contributed by atoms with E-state index in [1.165, 1.54) is 38.5 Å². The van der Waals surface area contributed by atoms with E-state index >= 15 is 0 Å². The molecule has 2 heterocycles. The molecule has 4 aliphatic carbocycles. The van der Waals surface area contributed by atoms with Crippen molar-refractivity contribution in [3.63, 3.8) is 0 Å². The first kappa shape index (κ1) is 17.6. The zero-order valence-electron chi connectivity index (χ0n) is 16.6. The molecular weight excluding hydrogens is 376 g/mol. The van der Waals surface area contributed by atoms with Crippen LogP contribution in [0.4, 0.5) is 0 Å². The molecule has 0 radical (unpaired) electrons. The van der Waals surface area contributed by atoms with E-state index in [0.29, 0.717) is 5.41 Å². The molecule has 3 nitrogen and oxygen atoms in total. The van der Waals surface area contributed by atoms with Gasteiger partial charge in [-0.25, -0.2) is 4.98 Å². The SMILES string of the molecule is O=C(NCC12CC3CC(CC(C3)C1)C2)c1cc(-c2cccs2)nc2ccccc12. The highest BCUT2D eigenvalue weighted by Crippen LogP contribution is 2.59. The van der Waals surface area contributed by atoms with Crippen LogP contribution in [-0.2, 0) is 0 Å². The van der Waals surface area contributed by atoms with Gasteiger partial charge in [-0.3, -0.25) is 4.79 Å². The molecule has 0 unspecified atom stereocenters. The van der Waals surface area contributed by atoms with E-state index in [4.69, 9.17) is 4.98 Å². The maximum absolute atomic E-state index is 13.3. The molecule has 148 valence electrons. The number of nitrogens with one attached hydrogen (secondary N) is 1. The average Bonchev–Trinajstić information content (AvgIpc) is 3.25. The largest absolute Gasteiger partial charge is 0.351 e. The van der Waals surface area contributed by atoms with Gasteiger partial charge in [0.25, 0.3) is 5.91 Å². The lowest BCUT2D eigenvalue weighted by Gasteiger charge is -2.56. The summed E-state index contributed by atoms with van der Waals surface area (Å²) in [6, 6.07) is 14.1. The van der Waals surface area contributed by atoms with E-state index in [0.717, 1.165) is 51.3 Å². The summed E-state index contributed by atoms with van der Waals surface area (Å²) in [6.45, 7) is 0.834. The van der Waals surface area contributed by atoms with Gasteiger partial charge in [0, 0.05) is 11.9 Å². The number of hydrogen-bond donors (Lipinski definition) is 1. The first-order valence-corrected chi connectivity index (χ1v) is 11.8. The predicted octanol–water partition coefficient (Wildman–Crippen LogP) is 5.91. The molecule has 7 rings (SSSR count). The van der Waals surface area contributed by atoms with Crippen molar-refractivity contribution >= 4 is 28.1 Å². The molecule has 4 bridgehead atoms. The van der Waals surface area contributed by atoms with Crippen LogP contribution in [0, 0.1) is 23.2 Å². The highest BCUT2D eigenvalue weighted by Gasteiger charge is 2.50. The van der Waals surface area contributed by atoms with Crippen molar-refractivity contribution in [3.05, 3.63) is 53.4 Å². The molecule has 4 saturated carbocycles. The van der Waals surface area contributed by atoms with Crippen LogP contribution in [-0.4, -0.2) is 17.4 Å². The molecule has 0 atom stereocenters. The average molecular weight is 403 g/mol. The molecule has 4 heteroatoms. The number of pyridine rings is 1. The maximum Gasteiger partial charge on any atom is 0.252 e. The number of para-hydroxylation sites is 1. The molecule has 1 N–H and O–H groups in total. The van der Waals surface area contributed by atoms with Crippen molar-refractivity contribution in [3.8, 4) is 10.6 Å². The van der Waals surface area contributed by atoms with Gasteiger partial charge < -0.3 is 5.32 Å². The Labute approximate surface area is 175 Å². The molecule has 0 aliphatic heterocycles. The Balaban J connectivity index is 1.30. The van der Waals surface area contributed by atoms with Crippen LogP contribution < -0.4 is 5.32 Å². The minimum atomic E-state index is 0.0529. The number of carbonyl (C=O) groups excluding carboxylic acids is 1. The van der Waals surface area contributed by atoms with Crippen LogP contribution >= 0.6 is 11.3 Å². The zero-order chi connectivity index (χ0) is 19.4. The standard InChI is InChI=1S/C25H26N2OS/c28-24(26-15-25-12-16-8-17(13-25)10-18(9-16)14-25)20-11-22(23-6-3-7-29-23)27-21-5-2-1-4-19(20)21/h1-7,11,16-18H,8-10,12-15H2,(H,26,28). The Bertz CT molecular complexity index is 1040. The molecule has 4 aliphatic rings. The third-order valence-electron chi connectivity index (χ3n) is 7.52. The quantitative estimate of drug-likeness (QED) is 0.589. The predicted molar refractivity (Wildman–Crippen MR) is 118 cm³/mol. The molecule has 1 amide bonds. The summed E-state index contributed by atoms with van der Waals surface area (Å²) in [7, 11) is 0. The Kier molecular flexibility index (Phi) is 4.05. The van der Waals surface area contributed by atoms with E-state index in [1.54, 1.807) is 11.3 Å². The lowest BCUT2D eigenvalue weighted by molar-refractivity contribution is -0.0503. The fraction of sp³-hybridized carbons (Fsp3) is 0.440.